The fourth-order valence-corrected chi connectivity index (χ4v) is 2.10. The standard InChI is InChI=1S/C16H12F3N5O2/c1-9-8-14(24-26-9)21-15(25)12-6-7-13(23-22-12)20-11-5-3-2-4-10(11)16(17,18)19/h2-8H,1H3,(H,20,23)(H,21,24,25). The van der Waals surface area contributed by atoms with E-state index in [2.05, 4.69) is 26.0 Å². The molecule has 0 aliphatic heterocycles. The van der Waals surface area contributed by atoms with Gasteiger partial charge in [0, 0.05) is 6.07 Å². The number of nitrogens with one attached hydrogen (secondary N) is 2. The van der Waals surface area contributed by atoms with Crippen molar-refractivity contribution in [3.05, 3.63) is 59.5 Å². The Balaban J connectivity index is 1.73. The molecule has 2 heterocycles. The first-order valence-electron chi connectivity index (χ1n) is 7.34. The van der Waals surface area contributed by atoms with Gasteiger partial charge in [0.05, 0.1) is 11.3 Å². The van der Waals surface area contributed by atoms with E-state index in [1.807, 2.05) is 0 Å². The Morgan fingerprint density at radius 3 is 2.46 bits per heavy atom. The molecular formula is C16H12F3N5O2. The van der Waals surface area contributed by atoms with Gasteiger partial charge in [0.2, 0.25) is 0 Å². The topological polar surface area (TPSA) is 92.9 Å². The molecule has 2 N–H and O–H groups in total. The first-order chi connectivity index (χ1) is 12.3. The lowest BCUT2D eigenvalue weighted by atomic mass is 10.1. The largest absolute Gasteiger partial charge is 0.418 e. The molecule has 10 heteroatoms. The minimum Gasteiger partial charge on any atom is -0.360 e. The third kappa shape index (κ3) is 3.97. The van der Waals surface area contributed by atoms with Crippen molar-refractivity contribution in [3.63, 3.8) is 0 Å². The normalized spacial score (nSPS) is 11.2. The average Bonchev–Trinajstić information content (AvgIpc) is 3.00. The number of benzene rings is 1. The van der Waals surface area contributed by atoms with Gasteiger partial charge in [-0.3, -0.25) is 4.79 Å². The van der Waals surface area contributed by atoms with Crippen molar-refractivity contribution in [2.24, 2.45) is 0 Å². The van der Waals surface area contributed by atoms with Crippen LogP contribution in [0.3, 0.4) is 0 Å². The van der Waals surface area contributed by atoms with Crippen molar-refractivity contribution in [1.29, 1.82) is 0 Å². The molecule has 0 fully saturated rings. The van der Waals surface area contributed by atoms with Gasteiger partial charge in [0.25, 0.3) is 5.91 Å². The number of aryl methyl sites for hydroxylation is 1. The van der Waals surface area contributed by atoms with Crippen LogP contribution in [0.5, 0.6) is 0 Å². The molecule has 26 heavy (non-hydrogen) atoms. The van der Waals surface area contributed by atoms with Crippen molar-refractivity contribution in [1.82, 2.24) is 15.4 Å². The molecule has 3 aromatic rings. The number of aromatic nitrogens is 3. The van der Waals surface area contributed by atoms with E-state index in [0.717, 1.165) is 6.07 Å². The van der Waals surface area contributed by atoms with E-state index in [0.29, 0.717) is 5.76 Å². The summed E-state index contributed by atoms with van der Waals surface area (Å²) in [7, 11) is 0. The molecule has 0 unspecified atom stereocenters. The number of carbonyl (C=O) groups is 1. The Morgan fingerprint density at radius 2 is 1.85 bits per heavy atom. The average molecular weight is 363 g/mol. The first kappa shape index (κ1) is 17.4. The summed E-state index contributed by atoms with van der Waals surface area (Å²) >= 11 is 0. The van der Waals surface area contributed by atoms with Crippen molar-refractivity contribution in [2.75, 3.05) is 10.6 Å². The molecular weight excluding hydrogens is 351 g/mol. The summed E-state index contributed by atoms with van der Waals surface area (Å²) in [6.45, 7) is 1.67. The van der Waals surface area contributed by atoms with Crippen LogP contribution in [0.4, 0.5) is 30.5 Å². The van der Waals surface area contributed by atoms with E-state index in [9.17, 15) is 18.0 Å². The van der Waals surface area contributed by atoms with Gasteiger partial charge in [0.1, 0.15) is 5.76 Å². The Hall–Kier alpha value is -3.43. The summed E-state index contributed by atoms with van der Waals surface area (Å²) in [4.78, 5) is 12.0. The maximum Gasteiger partial charge on any atom is 0.418 e. The second-order valence-corrected chi connectivity index (χ2v) is 5.25. The smallest absolute Gasteiger partial charge is 0.360 e. The molecule has 0 bridgehead atoms. The molecule has 0 aliphatic rings. The fraction of sp³-hybridized carbons (Fsp3) is 0.125. The van der Waals surface area contributed by atoms with E-state index in [-0.39, 0.29) is 23.0 Å². The van der Waals surface area contributed by atoms with E-state index >= 15 is 0 Å². The van der Waals surface area contributed by atoms with Gasteiger partial charge in [-0.25, -0.2) is 0 Å². The molecule has 0 saturated carbocycles. The number of carbonyl (C=O) groups excluding carboxylic acids is 1. The van der Waals surface area contributed by atoms with Gasteiger partial charge < -0.3 is 15.2 Å². The van der Waals surface area contributed by atoms with Gasteiger partial charge in [-0.1, -0.05) is 17.3 Å². The quantitative estimate of drug-likeness (QED) is 0.733. The summed E-state index contributed by atoms with van der Waals surface area (Å²) in [6.07, 6.45) is -4.51. The fourth-order valence-electron chi connectivity index (χ4n) is 2.10. The van der Waals surface area contributed by atoms with Gasteiger partial charge in [-0.15, -0.1) is 10.2 Å². The molecule has 1 aromatic carbocycles. The van der Waals surface area contributed by atoms with E-state index in [4.69, 9.17) is 4.52 Å². The van der Waals surface area contributed by atoms with Crippen molar-refractivity contribution < 1.29 is 22.5 Å². The Bertz CT molecular complexity index is 922. The van der Waals surface area contributed by atoms with Crippen LogP contribution in [0.2, 0.25) is 0 Å². The number of anilines is 3. The van der Waals surface area contributed by atoms with Crippen molar-refractivity contribution in [3.8, 4) is 0 Å². The lowest BCUT2D eigenvalue weighted by Gasteiger charge is -2.13. The summed E-state index contributed by atoms with van der Waals surface area (Å²) in [5.74, 6) is 0.230. The first-order valence-corrected chi connectivity index (χ1v) is 7.34. The highest BCUT2D eigenvalue weighted by Gasteiger charge is 2.33. The zero-order chi connectivity index (χ0) is 18.7. The van der Waals surface area contributed by atoms with Gasteiger partial charge in [-0.2, -0.15) is 13.2 Å². The van der Waals surface area contributed by atoms with Crippen LogP contribution in [0.25, 0.3) is 0 Å². The summed E-state index contributed by atoms with van der Waals surface area (Å²) < 4.78 is 43.8. The zero-order valence-corrected chi connectivity index (χ0v) is 13.3. The van der Waals surface area contributed by atoms with Gasteiger partial charge in [0.15, 0.2) is 17.3 Å². The number of hydrogen-bond donors (Lipinski definition) is 2. The van der Waals surface area contributed by atoms with E-state index in [1.165, 1.54) is 36.4 Å². The van der Waals surface area contributed by atoms with Crippen LogP contribution in [0.15, 0.2) is 47.0 Å². The highest BCUT2D eigenvalue weighted by Crippen LogP contribution is 2.35. The Labute approximate surface area is 145 Å². The van der Waals surface area contributed by atoms with Gasteiger partial charge in [-0.05, 0) is 31.2 Å². The monoisotopic (exact) mass is 363 g/mol. The van der Waals surface area contributed by atoms with E-state index in [1.54, 1.807) is 6.92 Å². The molecule has 0 spiro atoms. The number of rotatable bonds is 4. The van der Waals surface area contributed by atoms with Crippen LogP contribution in [0.1, 0.15) is 21.8 Å². The SMILES string of the molecule is Cc1cc(NC(=O)c2ccc(Nc3ccccc3C(F)(F)F)nn2)no1. The molecule has 0 aliphatic carbocycles. The molecule has 1 amide bonds. The van der Waals surface area contributed by atoms with Gasteiger partial charge >= 0.3 is 6.18 Å². The maximum atomic E-state index is 13.0. The molecule has 0 atom stereocenters. The molecule has 3 rings (SSSR count). The number of alkyl halides is 3. The summed E-state index contributed by atoms with van der Waals surface area (Å²) in [6, 6.07) is 9.19. The van der Waals surface area contributed by atoms with Crippen LogP contribution < -0.4 is 10.6 Å². The number of amides is 1. The predicted molar refractivity (Wildman–Crippen MR) is 86.0 cm³/mol. The third-order valence-electron chi connectivity index (χ3n) is 3.26. The molecule has 7 nitrogen and oxygen atoms in total. The van der Waals surface area contributed by atoms with E-state index < -0.39 is 17.6 Å². The number of nitrogens with zero attached hydrogens (tertiary/aromatic N) is 3. The highest BCUT2D eigenvalue weighted by molar-refractivity contribution is 6.02. The second-order valence-electron chi connectivity index (χ2n) is 5.25. The molecule has 0 saturated heterocycles. The van der Waals surface area contributed by atoms with Crippen molar-refractivity contribution >= 4 is 23.2 Å². The van der Waals surface area contributed by atoms with Crippen LogP contribution in [0, 0.1) is 6.92 Å². The zero-order valence-electron chi connectivity index (χ0n) is 13.3. The molecule has 0 radical (unpaired) electrons. The highest BCUT2D eigenvalue weighted by atomic mass is 19.4. The Morgan fingerprint density at radius 1 is 1.08 bits per heavy atom. The molecule has 134 valence electrons. The van der Waals surface area contributed by atoms with Crippen molar-refractivity contribution in [2.45, 2.75) is 13.1 Å². The van der Waals surface area contributed by atoms with Crippen LogP contribution in [-0.2, 0) is 6.18 Å². The summed E-state index contributed by atoms with van der Waals surface area (Å²) in [5, 5.41) is 16.1. The minimum atomic E-state index is -4.51. The maximum absolute atomic E-state index is 13.0. The lowest BCUT2D eigenvalue weighted by molar-refractivity contribution is -0.136. The van der Waals surface area contributed by atoms with Crippen LogP contribution in [-0.4, -0.2) is 21.3 Å². The van der Waals surface area contributed by atoms with Crippen LogP contribution >= 0.6 is 0 Å². The lowest BCUT2D eigenvalue weighted by Crippen LogP contribution is -2.15. The summed E-state index contributed by atoms with van der Waals surface area (Å²) in [5.41, 5.74) is -1.02. The number of hydrogen-bond acceptors (Lipinski definition) is 6. The minimum absolute atomic E-state index is 0.0275. The number of halogens is 3. The third-order valence-corrected chi connectivity index (χ3v) is 3.26. The number of para-hydroxylation sites is 1. The Kier molecular flexibility index (Phi) is 4.57. The predicted octanol–water partition coefficient (Wildman–Crippen LogP) is 3.79. The second kappa shape index (κ2) is 6.82. The molecule has 2 aromatic heterocycles.